The highest BCUT2D eigenvalue weighted by molar-refractivity contribution is 6.34. The summed E-state index contributed by atoms with van der Waals surface area (Å²) in [5.41, 5.74) is -0.104. The molecule has 0 heterocycles. The zero-order valence-corrected chi connectivity index (χ0v) is 23.9. The molecule has 0 aromatic heterocycles. The van der Waals surface area contributed by atoms with Gasteiger partial charge in [-0.3, -0.25) is 9.59 Å². The van der Waals surface area contributed by atoms with Crippen molar-refractivity contribution in [3.8, 4) is 5.75 Å². The summed E-state index contributed by atoms with van der Waals surface area (Å²) >= 11 is 6.36. The number of halogens is 1. The number of nitrogens with zero attached hydrogens (tertiary/aromatic N) is 1. The first-order valence-electron chi connectivity index (χ1n) is 12.3. The molecular formula is C28H38ClN3O6. The fourth-order valence-electron chi connectivity index (χ4n) is 3.93. The summed E-state index contributed by atoms with van der Waals surface area (Å²) in [4.78, 5) is 41.6. The monoisotopic (exact) mass is 547 g/mol. The molecule has 2 aromatic carbocycles. The third-order valence-corrected chi connectivity index (χ3v) is 5.99. The van der Waals surface area contributed by atoms with Crippen LogP contribution in [-0.4, -0.2) is 56.8 Å². The van der Waals surface area contributed by atoms with Crippen LogP contribution in [0.2, 0.25) is 5.02 Å². The minimum absolute atomic E-state index is 0.161. The van der Waals surface area contributed by atoms with Gasteiger partial charge < -0.3 is 30.5 Å². The molecule has 0 fully saturated rings. The maximum atomic E-state index is 13.9. The van der Waals surface area contributed by atoms with Gasteiger partial charge in [-0.2, -0.15) is 0 Å². The number of benzene rings is 2. The molecule has 2 unspecified atom stereocenters. The molecule has 9 nitrogen and oxygen atoms in total. The number of anilines is 1. The normalized spacial score (nSPS) is 13.3. The number of carbonyl (C=O) groups is 3. The Balaban J connectivity index is 2.64. The quantitative estimate of drug-likeness (QED) is 0.392. The number of para-hydroxylation sites is 2. The summed E-state index contributed by atoms with van der Waals surface area (Å²) in [6.07, 6.45) is -0.898. The summed E-state index contributed by atoms with van der Waals surface area (Å²) in [6.45, 7) is 12.8. The van der Waals surface area contributed by atoms with Crippen LogP contribution in [0.3, 0.4) is 0 Å². The van der Waals surface area contributed by atoms with E-state index in [0.717, 1.165) is 0 Å². The van der Waals surface area contributed by atoms with Gasteiger partial charge in [0.1, 0.15) is 23.4 Å². The Morgan fingerprint density at radius 1 is 1.00 bits per heavy atom. The van der Waals surface area contributed by atoms with Crippen LogP contribution in [0.5, 0.6) is 5.75 Å². The van der Waals surface area contributed by atoms with E-state index in [9.17, 15) is 24.6 Å². The van der Waals surface area contributed by atoms with Gasteiger partial charge in [-0.1, -0.05) is 41.9 Å². The van der Waals surface area contributed by atoms with E-state index in [1.54, 1.807) is 91.8 Å². The van der Waals surface area contributed by atoms with E-state index in [4.69, 9.17) is 16.3 Å². The second-order valence-electron chi connectivity index (χ2n) is 11.1. The highest BCUT2D eigenvalue weighted by Gasteiger charge is 2.43. The van der Waals surface area contributed by atoms with Gasteiger partial charge in [0.25, 0.3) is 5.91 Å². The fourth-order valence-corrected chi connectivity index (χ4v) is 4.20. The van der Waals surface area contributed by atoms with Crippen molar-refractivity contribution in [1.29, 1.82) is 0 Å². The number of alkyl carbamates (subject to hydrolysis) is 1. The SMILES string of the molecule is Cc1cccc(C(C(=O)Nc2c(C)cccc2Cl)N(C(=O)C(CO)NC(=O)OC(C)(C)C)C(C)(C)C)c1O. The number of hydrogen-bond acceptors (Lipinski definition) is 6. The van der Waals surface area contributed by atoms with Crippen molar-refractivity contribution < 1.29 is 29.3 Å². The summed E-state index contributed by atoms with van der Waals surface area (Å²) in [5.74, 6) is -1.55. The molecule has 0 aliphatic carbocycles. The first-order valence-corrected chi connectivity index (χ1v) is 12.6. The van der Waals surface area contributed by atoms with Crippen LogP contribution in [-0.2, 0) is 14.3 Å². The molecular weight excluding hydrogens is 510 g/mol. The molecule has 0 saturated heterocycles. The number of aliphatic hydroxyl groups is 1. The van der Waals surface area contributed by atoms with Crippen molar-refractivity contribution in [3.63, 3.8) is 0 Å². The van der Waals surface area contributed by atoms with Gasteiger partial charge in [0.05, 0.1) is 17.3 Å². The Labute approximate surface area is 229 Å². The van der Waals surface area contributed by atoms with Gasteiger partial charge in [-0.25, -0.2) is 4.79 Å². The van der Waals surface area contributed by atoms with E-state index < -0.39 is 47.7 Å². The molecule has 0 aliphatic heterocycles. The van der Waals surface area contributed by atoms with Crippen LogP contribution in [0.15, 0.2) is 36.4 Å². The van der Waals surface area contributed by atoms with E-state index in [2.05, 4.69) is 10.6 Å². The fraction of sp³-hybridized carbons (Fsp3) is 0.464. The standard InChI is InChI=1S/C28H38ClN3O6/c1-16-11-10-14-19(29)21(16)31-24(35)22(18-13-9-12-17(2)23(18)34)32(27(3,4)5)25(36)20(15-33)30-26(37)38-28(6,7)8/h9-14,20,22,33-34H,15H2,1-8H3,(H,30,37)(H,31,35). The largest absolute Gasteiger partial charge is 0.507 e. The Morgan fingerprint density at radius 2 is 1.58 bits per heavy atom. The van der Waals surface area contributed by atoms with Crippen molar-refractivity contribution in [3.05, 3.63) is 58.1 Å². The Kier molecular flexibility index (Phi) is 9.80. The number of ether oxygens (including phenoxy) is 1. The molecule has 10 heteroatoms. The third kappa shape index (κ3) is 7.61. The smallest absolute Gasteiger partial charge is 0.408 e. The molecule has 208 valence electrons. The van der Waals surface area contributed by atoms with Crippen LogP contribution in [0.1, 0.15) is 64.3 Å². The molecule has 0 aliphatic rings. The summed E-state index contributed by atoms with van der Waals surface area (Å²) in [7, 11) is 0. The van der Waals surface area contributed by atoms with Crippen LogP contribution in [0.25, 0.3) is 0 Å². The van der Waals surface area contributed by atoms with E-state index in [1.165, 1.54) is 4.90 Å². The maximum absolute atomic E-state index is 13.9. The van der Waals surface area contributed by atoms with Crippen LogP contribution in [0.4, 0.5) is 10.5 Å². The van der Waals surface area contributed by atoms with Crippen LogP contribution >= 0.6 is 11.6 Å². The van der Waals surface area contributed by atoms with Crippen molar-refractivity contribution in [2.45, 2.75) is 78.6 Å². The Bertz CT molecular complexity index is 1170. The van der Waals surface area contributed by atoms with E-state index in [0.29, 0.717) is 21.8 Å². The lowest BCUT2D eigenvalue weighted by molar-refractivity contribution is -0.147. The van der Waals surface area contributed by atoms with Crippen molar-refractivity contribution >= 4 is 35.2 Å². The van der Waals surface area contributed by atoms with Crippen molar-refractivity contribution in [2.24, 2.45) is 0 Å². The van der Waals surface area contributed by atoms with Crippen molar-refractivity contribution in [1.82, 2.24) is 10.2 Å². The number of hydrogen-bond donors (Lipinski definition) is 4. The minimum Gasteiger partial charge on any atom is -0.507 e. The lowest BCUT2D eigenvalue weighted by Gasteiger charge is -2.43. The summed E-state index contributed by atoms with van der Waals surface area (Å²) < 4.78 is 5.25. The first kappa shape index (κ1) is 30.9. The molecule has 0 radical (unpaired) electrons. The Morgan fingerprint density at radius 3 is 2.11 bits per heavy atom. The van der Waals surface area contributed by atoms with Gasteiger partial charge >= 0.3 is 6.09 Å². The summed E-state index contributed by atoms with van der Waals surface area (Å²) in [6, 6.07) is 7.27. The molecule has 2 aromatic rings. The Hall–Kier alpha value is -3.30. The lowest BCUT2D eigenvalue weighted by atomic mass is 9.93. The van der Waals surface area contributed by atoms with Gasteiger partial charge in [-0.05, 0) is 72.6 Å². The number of carbonyl (C=O) groups excluding carboxylic acids is 3. The molecule has 0 saturated carbocycles. The van der Waals surface area contributed by atoms with Crippen molar-refractivity contribution in [2.75, 3.05) is 11.9 Å². The third-order valence-electron chi connectivity index (χ3n) is 5.67. The average molecular weight is 548 g/mol. The number of phenolic OH excluding ortho intramolecular Hbond substituents is 1. The molecule has 0 bridgehead atoms. The molecule has 4 N–H and O–H groups in total. The zero-order valence-electron chi connectivity index (χ0n) is 23.2. The highest BCUT2D eigenvalue weighted by atomic mass is 35.5. The zero-order chi connectivity index (χ0) is 29.0. The topological polar surface area (TPSA) is 128 Å². The van der Waals surface area contributed by atoms with Gasteiger partial charge in [-0.15, -0.1) is 0 Å². The molecule has 38 heavy (non-hydrogen) atoms. The number of phenols is 1. The minimum atomic E-state index is -1.42. The number of aryl methyl sites for hydroxylation is 2. The molecule has 0 spiro atoms. The number of amides is 3. The van der Waals surface area contributed by atoms with Crippen LogP contribution in [0, 0.1) is 13.8 Å². The molecule has 3 amide bonds. The van der Waals surface area contributed by atoms with Crippen LogP contribution < -0.4 is 10.6 Å². The summed E-state index contributed by atoms with van der Waals surface area (Å²) in [5, 5.41) is 26.6. The second-order valence-corrected chi connectivity index (χ2v) is 11.5. The predicted molar refractivity (Wildman–Crippen MR) is 147 cm³/mol. The number of aromatic hydroxyl groups is 1. The van der Waals surface area contributed by atoms with E-state index in [1.807, 2.05) is 0 Å². The first-order chi connectivity index (χ1) is 17.5. The molecule has 2 rings (SSSR count). The number of rotatable bonds is 7. The maximum Gasteiger partial charge on any atom is 0.408 e. The predicted octanol–water partition coefficient (Wildman–Crippen LogP) is 4.85. The van der Waals surface area contributed by atoms with Gasteiger partial charge in [0.2, 0.25) is 5.91 Å². The van der Waals surface area contributed by atoms with Gasteiger partial charge in [0.15, 0.2) is 0 Å². The lowest BCUT2D eigenvalue weighted by Crippen LogP contribution is -2.59. The number of nitrogens with one attached hydrogen (secondary N) is 2. The van der Waals surface area contributed by atoms with Gasteiger partial charge in [0, 0.05) is 11.1 Å². The van der Waals surface area contributed by atoms with E-state index >= 15 is 0 Å². The van der Waals surface area contributed by atoms with E-state index in [-0.39, 0.29) is 11.3 Å². The number of aliphatic hydroxyl groups excluding tert-OH is 1. The average Bonchev–Trinajstić information content (AvgIpc) is 2.78. The second kappa shape index (κ2) is 12.0. The molecule has 2 atom stereocenters. The highest BCUT2D eigenvalue weighted by Crippen LogP contribution is 2.37.